The molecule has 0 radical (unpaired) electrons. The molecule has 1 aromatic carbocycles. The number of amides is 1. The van der Waals surface area contributed by atoms with Crippen LogP contribution in [0.2, 0.25) is 0 Å². The minimum absolute atomic E-state index is 0.0211. The smallest absolute Gasteiger partial charge is 0.260 e. The van der Waals surface area contributed by atoms with Crippen molar-refractivity contribution in [2.24, 2.45) is 0 Å². The van der Waals surface area contributed by atoms with Crippen LogP contribution in [0.3, 0.4) is 0 Å². The molecule has 2 rings (SSSR count). The van der Waals surface area contributed by atoms with Gasteiger partial charge in [-0.15, -0.1) is 0 Å². The van der Waals surface area contributed by atoms with Gasteiger partial charge >= 0.3 is 0 Å². The molecule has 0 bridgehead atoms. The predicted octanol–water partition coefficient (Wildman–Crippen LogP) is 4.15. The summed E-state index contributed by atoms with van der Waals surface area (Å²) in [5.41, 5.74) is 2.04. The molecule has 0 aliphatic carbocycles. The summed E-state index contributed by atoms with van der Waals surface area (Å²) in [7, 11) is 0. The largest absolute Gasteiger partial charge is 0.467 e. The molecule has 0 saturated carbocycles. The molecule has 0 atom stereocenters. The Labute approximate surface area is 156 Å². The summed E-state index contributed by atoms with van der Waals surface area (Å²) in [4.78, 5) is 23.4. The average molecular weight is 355 g/mol. The predicted molar refractivity (Wildman–Crippen MR) is 103 cm³/mol. The summed E-state index contributed by atoms with van der Waals surface area (Å²) in [5, 5.41) is 0. The second-order valence-electron chi connectivity index (χ2n) is 6.98. The number of benzene rings is 1. The summed E-state index contributed by atoms with van der Waals surface area (Å²) in [6.45, 7) is 11.4. The maximum absolute atomic E-state index is 12.5. The van der Waals surface area contributed by atoms with Crippen LogP contribution in [0.4, 0.5) is 0 Å². The molecule has 140 valence electrons. The Morgan fingerprint density at radius 3 is 2.35 bits per heavy atom. The van der Waals surface area contributed by atoms with Crippen molar-refractivity contribution in [2.45, 2.75) is 53.0 Å². The molecule has 5 nitrogen and oxygen atoms in total. The van der Waals surface area contributed by atoms with E-state index in [1.54, 1.807) is 4.90 Å². The van der Waals surface area contributed by atoms with E-state index in [1.807, 2.05) is 57.2 Å². The molecule has 1 aromatic heterocycles. The highest BCUT2D eigenvalue weighted by atomic mass is 16.5. The molecular formula is C21H29N3O2. The third kappa shape index (κ3) is 5.55. The number of nitrogens with zero attached hydrogens (tertiary/aromatic N) is 3. The van der Waals surface area contributed by atoms with Gasteiger partial charge in [-0.1, -0.05) is 58.0 Å². The number of aromatic nitrogens is 2. The van der Waals surface area contributed by atoms with E-state index in [-0.39, 0.29) is 24.3 Å². The Hall–Kier alpha value is -2.43. The van der Waals surface area contributed by atoms with E-state index >= 15 is 0 Å². The van der Waals surface area contributed by atoms with Crippen LogP contribution in [-0.2, 0) is 11.3 Å². The van der Waals surface area contributed by atoms with Crippen molar-refractivity contribution in [3.63, 3.8) is 0 Å². The third-order valence-electron chi connectivity index (χ3n) is 4.14. The first kappa shape index (κ1) is 19.9. The van der Waals surface area contributed by atoms with Gasteiger partial charge in [0.2, 0.25) is 5.88 Å². The number of carbonyl (C=O) groups excluding carboxylic acids is 1. The van der Waals surface area contributed by atoms with Crippen LogP contribution in [0.15, 0.2) is 36.4 Å². The molecule has 26 heavy (non-hydrogen) atoms. The maximum atomic E-state index is 12.5. The molecule has 0 spiro atoms. The number of hydrogen-bond donors (Lipinski definition) is 0. The third-order valence-corrected chi connectivity index (χ3v) is 4.14. The monoisotopic (exact) mass is 355 g/mol. The summed E-state index contributed by atoms with van der Waals surface area (Å²) in [6, 6.07) is 11.8. The van der Waals surface area contributed by atoms with Gasteiger partial charge in [0.05, 0.1) is 5.69 Å². The molecule has 1 amide bonds. The van der Waals surface area contributed by atoms with Crippen LogP contribution in [0.5, 0.6) is 5.88 Å². The highest BCUT2D eigenvalue weighted by Gasteiger charge is 2.15. The van der Waals surface area contributed by atoms with Crippen molar-refractivity contribution in [1.82, 2.24) is 14.9 Å². The van der Waals surface area contributed by atoms with Gasteiger partial charge in [0, 0.05) is 25.1 Å². The molecule has 5 heteroatoms. The molecule has 0 aliphatic heterocycles. The van der Waals surface area contributed by atoms with Gasteiger partial charge in [-0.05, 0) is 18.4 Å². The summed E-state index contributed by atoms with van der Waals surface area (Å²) < 4.78 is 5.73. The maximum Gasteiger partial charge on any atom is 0.260 e. The first-order chi connectivity index (χ1) is 12.4. The number of likely N-dealkylation sites (N-methyl/N-ethyl adjacent to an activating group) is 1. The fourth-order valence-electron chi connectivity index (χ4n) is 2.50. The first-order valence-corrected chi connectivity index (χ1v) is 9.24. The van der Waals surface area contributed by atoms with Gasteiger partial charge in [-0.2, -0.15) is 4.98 Å². The lowest BCUT2D eigenvalue weighted by atomic mass is 10.1. The van der Waals surface area contributed by atoms with Crippen molar-refractivity contribution in [1.29, 1.82) is 0 Å². The average Bonchev–Trinajstić information content (AvgIpc) is 2.64. The van der Waals surface area contributed by atoms with Crippen LogP contribution >= 0.6 is 0 Å². The zero-order valence-electron chi connectivity index (χ0n) is 16.4. The van der Waals surface area contributed by atoms with Crippen molar-refractivity contribution in [3.05, 3.63) is 53.5 Å². The zero-order valence-corrected chi connectivity index (χ0v) is 16.4. The van der Waals surface area contributed by atoms with Gasteiger partial charge in [0.25, 0.3) is 5.91 Å². The second kappa shape index (κ2) is 9.32. The Balaban J connectivity index is 2.05. The van der Waals surface area contributed by atoms with Crippen LogP contribution < -0.4 is 4.74 Å². The van der Waals surface area contributed by atoms with E-state index in [1.165, 1.54) is 0 Å². The van der Waals surface area contributed by atoms with Crippen molar-refractivity contribution < 1.29 is 9.53 Å². The SMILES string of the molecule is CCN(Cc1ccccc1)C(=O)COc1cc(C(C)C)nc(C(C)C)n1. The molecule has 0 fully saturated rings. The van der Waals surface area contributed by atoms with Gasteiger partial charge in [-0.3, -0.25) is 4.79 Å². The number of hydrogen-bond acceptors (Lipinski definition) is 4. The molecule has 0 aliphatic rings. The van der Waals surface area contributed by atoms with Gasteiger partial charge in [-0.25, -0.2) is 4.98 Å². The number of carbonyl (C=O) groups is 1. The van der Waals surface area contributed by atoms with E-state index in [0.29, 0.717) is 19.0 Å². The zero-order chi connectivity index (χ0) is 19.1. The highest BCUT2D eigenvalue weighted by Crippen LogP contribution is 2.20. The Morgan fingerprint density at radius 2 is 1.77 bits per heavy atom. The number of rotatable bonds is 8. The molecule has 0 N–H and O–H groups in total. The quantitative estimate of drug-likeness (QED) is 0.714. The summed E-state index contributed by atoms with van der Waals surface area (Å²) >= 11 is 0. The fraction of sp³-hybridized carbons (Fsp3) is 0.476. The summed E-state index contributed by atoms with van der Waals surface area (Å²) in [5.74, 6) is 1.65. The van der Waals surface area contributed by atoms with Crippen LogP contribution in [0.1, 0.15) is 63.5 Å². The minimum atomic E-state index is -0.0489. The Bertz CT molecular complexity index is 688. The first-order valence-electron chi connectivity index (χ1n) is 9.24. The van der Waals surface area contributed by atoms with Crippen LogP contribution in [0, 0.1) is 0 Å². The lowest BCUT2D eigenvalue weighted by Crippen LogP contribution is -2.34. The van der Waals surface area contributed by atoms with Gasteiger partial charge < -0.3 is 9.64 Å². The van der Waals surface area contributed by atoms with E-state index in [4.69, 9.17) is 4.74 Å². The van der Waals surface area contributed by atoms with E-state index in [9.17, 15) is 4.79 Å². The molecular weight excluding hydrogens is 326 g/mol. The van der Waals surface area contributed by atoms with E-state index < -0.39 is 0 Å². The minimum Gasteiger partial charge on any atom is -0.467 e. The highest BCUT2D eigenvalue weighted by molar-refractivity contribution is 5.77. The van der Waals surface area contributed by atoms with Gasteiger partial charge in [0.15, 0.2) is 6.61 Å². The Morgan fingerprint density at radius 1 is 1.08 bits per heavy atom. The van der Waals surface area contributed by atoms with E-state index in [2.05, 4.69) is 23.8 Å². The molecule has 0 unspecified atom stereocenters. The lowest BCUT2D eigenvalue weighted by molar-refractivity contribution is -0.133. The normalized spacial score (nSPS) is 11.0. The summed E-state index contributed by atoms with van der Waals surface area (Å²) in [6.07, 6.45) is 0. The second-order valence-corrected chi connectivity index (χ2v) is 6.98. The van der Waals surface area contributed by atoms with Crippen LogP contribution in [0.25, 0.3) is 0 Å². The van der Waals surface area contributed by atoms with Gasteiger partial charge in [0.1, 0.15) is 5.82 Å². The molecule has 2 aromatic rings. The standard InChI is InChI=1S/C21H29N3O2/c1-6-24(13-17-10-8-7-9-11-17)20(25)14-26-19-12-18(15(2)3)22-21(23-19)16(4)5/h7-12,15-16H,6,13-14H2,1-5H3. The van der Waals surface area contributed by atoms with Crippen molar-refractivity contribution >= 4 is 5.91 Å². The fourth-order valence-corrected chi connectivity index (χ4v) is 2.50. The van der Waals surface area contributed by atoms with Crippen molar-refractivity contribution in [2.75, 3.05) is 13.2 Å². The molecule has 0 saturated heterocycles. The number of ether oxygens (including phenoxy) is 1. The topological polar surface area (TPSA) is 55.3 Å². The Kier molecular flexibility index (Phi) is 7.13. The van der Waals surface area contributed by atoms with Crippen molar-refractivity contribution in [3.8, 4) is 5.88 Å². The van der Waals surface area contributed by atoms with E-state index in [0.717, 1.165) is 17.1 Å². The molecule has 1 heterocycles. The van der Waals surface area contributed by atoms with Crippen LogP contribution in [-0.4, -0.2) is 33.9 Å². The lowest BCUT2D eigenvalue weighted by Gasteiger charge is -2.21.